The van der Waals surface area contributed by atoms with E-state index in [-0.39, 0.29) is 36.5 Å². The quantitative estimate of drug-likeness (QED) is 0.712. The topological polar surface area (TPSA) is 85.2 Å². The van der Waals surface area contributed by atoms with E-state index in [1.165, 1.54) is 12.1 Å². The maximum Gasteiger partial charge on any atom is 0.308 e. The minimum absolute atomic E-state index is 0.0432. The zero-order valence-corrected chi connectivity index (χ0v) is 15.9. The summed E-state index contributed by atoms with van der Waals surface area (Å²) in [5, 5.41) is 10.5. The van der Waals surface area contributed by atoms with Crippen molar-refractivity contribution in [2.45, 2.75) is 38.3 Å². The van der Waals surface area contributed by atoms with E-state index in [4.69, 9.17) is 4.74 Å². The third kappa shape index (κ3) is 5.16. The number of aromatic nitrogens is 2. The Labute approximate surface area is 163 Å². The molecule has 1 fully saturated rings. The lowest BCUT2D eigenvalue weighted by molar-refractivity contribution is -0.143. The Bertz CT molecular complexity index is 800. The Morgan fingerprint density at radius 1 is 1.36 bits per heavy atom. The van der Waals surface area contributed by atoms with Crippen molar-refractivity contribution in [2.24, 2.45) is 0 Å². The van der Waals surface area contributed by atoms with E-state index in [0.29, 0.717) is 5.56 Å². The summed E-state index contributed by atoms with van der Waals surface area (Å²) in [5.41, 5.74) is 0.903. The molecule has 2 N–H and O–H groups in total. The highest BCUT2D eigenvalue weighted by atomic mass is 19.1. The molecule has 2 atom stereocenters. The molecule has 1 aromatic heterocycles. The van der Waals surface area contributed by atoms with Gasteiger partial charge >= 0.3 is 5.97 Å². The van der Waals surface area contributed by atoms with Crippen LogP contribution in [-0.2, 0) is 9.53 Å². The minimum Gasteiger partial charge on any atom is -0.466 e. The van der Waals surface area contributed by atoms with Crippen molar-refractivity contribution in [1.29, 1.82) is 0 Å². The van der Waals surface area contributed by atoms with Crippen LogP contribution in [0, 0.1) is 5.82 Å². The van der Waals surface area contributed by atoms with Crippen molar-refractivity contribution in [3.63, 3.8) is 0 Å². The smallest absolute Gasteiger partial charge is 0.308 e. The van der Waals surface area contributed by atoms with Crippen LogP contribution in [0.1, 0.15) is 54.3 Å². The fraction of sp³-hybridized carbons (Fsp3) is 0.450. The molecule has 1 aliphatic rings. The third-order valence-corrected chi connectivity index (χ3v) is 4.74. The lowest BCUT2D eigenvalue weighted by atomic mass is 10.0. The number of nitrogens with one attached hydrogen (secondary N) is 2. The molecule has 150 valence electrons. The van der Waals surface area contributed by atoms with Crippen LogP contribution >= 0.6 is 0 Å². The normalized spacial score (nSPS) is 17.7. The third-order valence-electron chi connectivity index (χ3n) is 4.74. The molecule has 2 unspecified atom stereocenters. The first-order chi connectivity index (χ1) is 13.6. The summed E-state index contributed by atoms with van der Waals surface area (Å²) < 4.78 is 20.0. The second-order valence-electron chi connectivity index (χ2n) is 6.77. The van der Waals surface area contributed by atoms with Gasteiger partial charge in [0, 0.05) is 12.7 Å². The largest absolute Gasteiger partial charge is 0.466 e. The summed E-state index contributed by atoms with van der Waals surface area (Å²) in [4.78, 5) is 24.7. The Hall–Kier alpha value is -2.74. The van der Waals surface area contributed by atoms with E-state index >= 15 is 0 Å². The summed E-state index contributed by atoms with van der Waals surface area (Å²) in [7, 11) is 0. The van der Waals surface area contributed by atoms with E-state index in [0.717, 1.165) is 25.9 Å². The van der Waals surface area contributed by atoms with Gasteiger partial charge in [-0.25, -0.2) is 4.39 Å². The number of halogens is 1. The second kappa shape index (κ2) is 9.45. The van der Waals surface area contributed by atoms with E-state index in [1.54, 1.807) is 36.0 Å². The lowest BCUT2D eigenvalue weighted by Crippen LogP contribution is -2.33. The first-order valence-electron chi connectivity index (χ1n) is 9.54. The Morgan fingerprint density at radius 3 is 2.82 bits per heavy atom. The Morgan fingerprint density at radius 2 is 2.14 bits per heavy atom. The van der Waals surface area contributed by atoms with Crippen LogP contribution in [0.3, 0.4) is 0 Å². The fourth-order valence-corrected chi connectivity index (χ4v) is 3.29. The maximum atomic E-state index is 13.2. The molecular weight excluding hydrogens is 363 g/mol. The summed E-state index contributed by atoms with van der Waals surface area (Å²) >= 11 is 0. The van der Waals surface area contributed by atoms with Gasteiger partial charge in [-0.2, -0.15) is 5.10 Å². The molecule has 1 amide bonds. The van der Waals surface area contributed by atoms with Crippen LogP contribution in [0.4, 0.5) is 4.39 Å². The van der Waals surface area contributed by atoms with Gasteiger partial charge in [-0.1, -0.05) is 12.1 Å². The van der Waals surface area contributed by atoms with E-state index < -0.39 is 12.0 Å². The van der Waals surface area contributed by atoms with Gasteiger partial charge < -0.3 is 15.4 Å². The van der Waals surface area contributed by atoms with Crippen molar-refractivity contribution in [1.82, 2.24) is 20.4 Å². The van der Waals surface area contributed by atoms with Gasteiger partial charge in [-0.3, -0.25) is 14.3 Å². The Kier molecular flexibility index (Phi) is 6.76. The highest BCUT2D eigenvalue weighted by molar-refractivity contribution is 5.92. The summed E-state index contributed by atoms with van der Waals surface area (Å²) in [5.74, 6) is -1.21. The van der Waals surface area contributed by atoms with Crippen LogP contribution in [0.25, 0.3) is 0 Å². The molecule has 0 bridgehead atoms. The summed E-state index contributed by atoms with van der Waals surface area (Å²) in [6.45, 7) is 3.79. The van der Waals surface area contributed by atoms with Gasteiger partial charge in [0.05, 0.1) is 25.1 Å². The zero-order valence-electron chi connectivity index (χ0n) is 15.9. The molecule has 1 aromatic carbocycles. The van der Waals surface area contributed by atoms with Gasteiger partial charge in [0.15, 0.2) is 0 Å². The molecule has 7 nitrogen and oxygen atoms in total. The molecule has 8 heteroatoms. The summed E-state index contributed by atoms with van der Waals surface area (Å²) in [6.07, 6.45) is 3.83. The number of carbonyl (C=O) groups is 2. The predicted octanol–water partition coefficient (Wildman–Crippen LogP) is 2.37. The highest BCUT2D eigenvalue weighted by Crippen LogP contribution is 2.20. The second-order valence-corrected chi connectivity index (χ2v) is 6.77. The number of carbonyl (C=O) groups excluding carboxylic acids is 2. The van der Waals surface area contributed by atoms with Gasteiger partial charge in [-0.15, -0.1) is 0 Å². The van der Waals surface area contributed by atoms with Gasteiger partial charge in [0.25, 0.3) is 5.91 Å². The number of piperidine rings is 1. The molecule has 1 saturated heterocycles. The van der Waals surface area contributed by atoms with E-state index in [9.17, 15) is 14.0 Å². The average molecular weight is 388 g/mol. The SMILES string of the molecule is CCOC(=O)CC(NC(=O)c1ccn(C2CCCNC2)n1)c1ccc(F)cc1. The van der Waals surface area contributed by atoms with E-state index in [2.05, 4.69) is 15.7 Å². The van der Waals surface area contributed by atoms with Gasteiger partial charge in [0.2, 0.25) is 0 Å². The number of ether oxygens (including phenoxy) is 1. The van der Waals surface area contributed by atoms with E-state index in [1.807, 2.05) is 0 Å². The number of hydrogen-bond donors (Lipinski definition) is 2. The molecule has 0 aliphatic carbocycles. The first-order valence-corrected chi connectivity index (χ1v) is 9.54. The maximum absolute atomic E-state index is 13.2. The van der Waals surface area contributed by atoms with Crippen LogP contribution in [0.2, 0.25) is 0 Å². The fourth-order valence-electron chi connectivity index (χ4n) is 3.29. The molecular formula is C20H25FN4O3. The standard InChI is InChI=1S/C20H25FN4O3/c1-2-28-19(26)12-18(14-5-7-15(21)8-6-14)23-20(27)17-9-11-25(24-17)16-4-3-10-22-13-16/h5-9,11,16,18,22H,2-4,10,12-13H2,1H3,(H,23,27). The first kappa shape index (κ1) is 20.0. The average Bonchev–Trinajstić information content (AvgIpc) is 3.19. The molecule has 28 heavy (non-hydrogen) atoms. The van der Waals surface area contributed by atoms with Gasteiger partial charge in [-0.05, 0) is 50.1 Å². The van der Waals surface area contributed by atoms with Crippen molar-refractivity contribution in [3.05, 3.63) is 53.6 Å². The molecule has 2 aromatic rings. The number of esters is 1. The number of nitrogens with zero attached hydrogens (tertiary/aromatic N) is 2. The monoisotopic (exact) mass is 388 g/mol. The molecule has 2 heterocycles. The summed E-state index contributed by atoms with van der Waals surface area (Å²) in [6, 6.07) is 6.94. The van der Waals surface area contributed by atoms with Gasteiger partial charge in [0.1, 0.15) is 11.5 Å². The minimum atomic E-state index is -0.631. The van der Waals surface area contributed by atoms with Crippen LogP contribution < -0.4 is 10.6 Å². The molecule has 1 aliphatic heterocycles. The molecule has 0 spiro atoms. The van der Waals surface area contributed by atoms with Crippen molar-refractivity contribution < 1.29 is 18.7 Å². The molecule has 0 radical (unpaired) electrons. The van der Waals surface area contributed by atoms with Crippen molar-refractivity contribution in [3.8, 4) is 0 Å². The van der Waals surface area contributed by atoms with Crippen molar-refractivity contribution >= 4 is 11.9 Å². The van der Waals surface area contributed by atoms with Crippen molar-refractivity contribution in [2.75, 3.05) is 19.7 Å². The number of rotatable bonds is 7. The number of benzene rings is 1. The van der Waals surface area contributed by atoms with Crippen LogP contribution in [0.5, 0.6) is 0 Å². The number of hydrogen-bond acceptors (Lipinski definition) is 5. The predicted molar refractivity (Wildman–Crippen MR) is 101 cm³/mol. The van der Waals surface area contributed by atoms with Crippen LogP contribution in [-0.4, -0.2) is 41.4 Å². The lowest BCUT2D eigenvalue weighted by Gasteiger charge is -2.23. The Balaban J connectivity index is 1.72. The molecule has 3 rings (SSSR count). The van der Waals surface area contributed by atoms with Crippen LogP contribution in [0.15, 0.2) is 36.5 Å². The molecule has 0 saturated carbocycles. The number of amides is 1. The highest BCUT2D eigenvalue weighted by Gasteiger charge is 2.22. The zero-order chi connectivity index (χ0) is 19.9.